The number of epoxide rings is 1. The van der Waals surface area contributed by atoms with Crippen LogP contribution in [0.3, 0.4) is 0 Å². The van der Waals surface area contributed by atoms with Crippen molar-refractivity contribution in [1.29, 1.82) is 0 Å². The highest BCUT2D eigenvalue weighted by atomic mass is 19.4. The summed E-state index contributed by atoms with van der Waals surface area (Å²) in [4.78, 5) is 31.2. The highest BCUT2D eigenvalue weighted by Gasteiger charge is 2.90. The summed E-state index contributed by atoms with van der Waals surface area (Å²) >= 11 is 0. The van der Waals surface area contributed by atoms with Crippen molar-refractivity contribution in [2.75, 3.05) is 0 Å². The minimum Gasteiger partial charge on any atom is -0.418 e. The predicted molar refractivity (Wildman–Crippen MR) is 78.7 cm³/mol. The average molecular weight is 602 g/mol. The third-order valence-corrected chi connectivity index (χ3v) is 4.02. The van der Waals surface area contributed by atoms with Gasteiger partial charge in [-0.2, -0.15) is 65.9 Å². The van der Waals surface area contributed by atoms with Gasteiger partial charge in [-0.05, 0) is 0 Å². The maximum Gasteiger partial charge on any atom is 0.470 e. The zero-order chi connectivity index (χ0) is 30.8. The van der Waals surface area contributed by atoms with Gasteiger partial charge in [-0.15, -0.1) is 0 Å². The highest BCUT2D eigenvalue weighted by Crippen LogP contribution is 2.60. The normalized spacial score (nSPS) is 39.5. The molecule has 3 aliphatic heterocycles. The average Bonchev–Trinajstić information content (AvgIpc) is 3.08. The van der Waals surface area contributed by atoms with E-state index in [9.17, 15) is 80.2 Å². The highest BCUT2D eigenvalue weighted by molar-refractivity contribution is 5.87. The lowest BCUT2D eigenvalue weighted by Gasteiger charge is -2.40. The first-order chi connectivity index (χ1) is 16.3. The lowest BCUT2D eigenvalue weighted by molar-refractivity contribution is -0.492. The molecule has 0 spiro atoms. The number of hydrogen-bond donors (Lipinski definition) is 0. The Balaban J connectivity index is 0.000000294. The van der Waals surface area contributed by atoms with E-state index in [2.05, 4.69) is 23.7 Å². The van der Waals surface area contributed by atoms with Crippen molar-refractivity contribution in [3.8, 4) is 0 Å². The first kappa shape index (κ1) is 33.5. The van der Waals surface area contributed by atoms with Crippen LogP contribution in [0.5, 0.6) is 0 Å². The Hall–Kier alpha value is -2.56. The van der Waals surface area contributed by atoms with Gasteiger partial charge >= 0.3 is 71.8 Å². The number of hydrogen-bond acceptors (Lipinski definition) is 8. The maximum absolute atomic E-state index is 12.8. The quantitative estimate of drug-likeness (QED) is 0.189. The topological polar surface area (TPSA) is 101 Å². The Labute approximate surface area is 197 Å². The molecule has 3 saturated heterocycles. The Morgan fingerprint density at radius 3 is 1.13 bits per heavy atom. The zero-order valence-electron chi connectivity index (χ0n) is 17.9. The summed E-state index contributed by atoms with van der Waals surface area (Å²) in [6.45, 7) is 1.64. The molecule has 0 N–H and O–H groups in total. The third-order valence-electron chi connectivity index (χ3n) is 4.02. The number of rotatable bonds is 1. The molecule has 0 aromatic rings. The fourth-order valence-corrected chi connectivity index (χ4v) is 2.00. The van der Waals surface area contributed by atoms with Crippen molar-refractivity contribution in [1.82, 2.24) is 0 Å². The summed E-state index contributed by atoms with van der Waals surface area (Å²) < 4.78 is 196. The summed E-state index contributed by atoms with van der Waals surface area (Å²) in [6.07, 6.45) is -22.3. The Morgan fingerprint density at radius 2 is 0.921 bits per heavy atom. The maximum atomic E-state index is 12.8. The van der Waals surface area contributed by atoms with Gasteiger partial charge in [0.1, 0.15) is 0 Å². The lowest BCUT2D eigenvalue weighted by atomic mass is 10.2. The number of cyclic esters (lactones) is 2. The van der Waals surface area contributed by atoms with Gasteiger partial charge in [-0.3, -0.25) is 19.0 Å². The van der Waals surface area contributed by atoms with E-state index >= 15 is 0 Å². The van der Waals surface area contributed by atoms with Crippen molar-refractivity contribution in [2.45, 2.75) is 74.5 Å². The van der Waals surface area contributed by atoms with Crippen molar-refractivity contribution in [3.05, 3.63) is 0 Å². The van der Waals surface area contributed by atoms with E-state index in [0.717, 1.165) is 13.8 Å². The van der Waals surface area contributed by atoms with Gasteiger partial charge in [0.15, 0.2) is 0 Å². The molecule has 8 nitrogen and oxygen atoms in total. The van der Waals surface area contributed by atoms with Crippen molar-refractivity contribution in [3.63, 3.8) is 0 Å². The van der Waals surface area contributed by atoms with Crippen LogP contribution in [0.25, 0.3) is 0 Å². The van der Waals surface area contributed by atoms with E-state index in [1.54, 1.807) is 0 Å². The smallest absolute Gasteiger partial charge is 0.418 e. The predicted octanol–water partition coefficient (Wildman–Crippen LogP) is 4.36. The van der Waals surface area contributed by atoms with Crippen LogP contribution in [0.4, 0.5) is 65.9 Å². The molecule has 38 heavy (non-hydrogen) atoms. The number of carbonyl (C=O) groups excluding carboxylic acids is 3. The van der Waals surface area contributed by atoms with E-state index in [1.165, 1.54) is 0 Å². The summed E-state index contributed by atoms with van der Waals surface area (Å²) in [6, 6.07) is -2.04. The van der Waals surface area contributed by atoms with Crippen LogP contribution >= 0.6 is 0 Å². The molecule has 5 atom stereocenters. The van der Waals surface area contributed by atoms with Gasteiger partial charge < -0.3 is 9.47 Å². The van der Waals surface area contributed by atoms with Gasteiger partial charge in [0.2, 0.25) is 0 Å². The first-order valence-electron chi connectivity index (χ1n) is 8.74. The first-order valence-corrected chi connectivity index (χ1v) is 8.74. The molecule has 3 fully saturated rings. The monoisotopic (exact) mass is 602 g/mol. The molecular weight excluding hydrogens is 593 g/mol. The molecular formula is C15H9F15O8. The standard InChI is InChI=1S/C6H3F7O3.C6H6F2O4.C3F6O/c1-3(7)2(14)15-4(8,5(9,10)11)6(12,13)16-3;1-5(8)4(10)11-6(2,12-5)3(7)9;4-1(2(5,6)7)3(8,9)10-1/h1H3;1-2H3;. The van der Waals surface area contributed by atoms with Crippen LogP contribution in [0.2, 0.25) is 0 Å². The fourth-order valence-electron chi connectivity index (χ4n) is 2.00. The molecule has 0 aliphatic carbocycles. The van der Waals surface area contributed by atoms with Crippen LogP contribution in [0.1, 0.15) is 20.8 Å². The molecule has 3 aliphatic rings. The third kappa shape index (κ3) is 5.87. The number of halogens is 15. The summed E-state index contributed by atoms with van der Waals surface area (Å²) in [5.41, 5.74) is 0. The van der Waals surface area contributed by atoms with E-state index in [-0.39, 0.29) is 6.92 Å². The van der Waals surface area contributed by atoms with Crippen LogP contribution in [-0.4, -0.2) is 71.8 Å². The number of esters is 2. The molecule has 0 aromatic heterocycles. The molecule has 3 rings (SSSR count). The largest absolute Gasteiger partial charge is 0.470 e. The van der Waals surface area contributed by atoms with Crippen LogP contribution < -0.4 is 0 Å². The molecule has 0 aromatic carbocycles. The number of ether oxygens (including phenoxy) is 5. The van der Waals surface area contributed by atoms with Gasteiger partial charge in [0, 0.05) is 20.8 Å². The molecule has 0 radical (unpaired) electrons. The fraction of sp³-hybridized carbons (Fsp3) is 0.800. The Morgan fingerprint density at radius 1 is 0.605 bits per heavy atom. The summed E-state index contributed by atoms with van der Waals surface area (Å²) in [5, 5.41) is 0. The van der Waals surface area contributed by atoms with Crippen molar-refractivity contribution in [2.24, 2.45) is 0 Å². The van der Waals surface area contributed by atoms with Crippen LogP contribution in [-0.2, 0) is 38.1 Å². The lowest BCUT2D eigenvalue weighted by Crippen LogP contribution is -2.67. The number of alkyl halides is 14. The van der Waals surface area contributed by atoms with Crippen molar-refractivity contribution < 1.29 is 104 Å². The second-order valence-corrected chi connectivity index (χ2v) is 7.36. The van der Waals surface area contributed by atoms with Gasteiger partial charge in [-0.1, -0.05) is 0 Å². The molecule has 0 bridgehead atoms. The Bertz CT molecular complexity index is 976. The molecule has 23 heteroatoms. The van der Waals surface area contributed by atoms with E-state index in [4.69, 9.17) is 0 Å². The van der Waals surface area contributed by atoms with Crippen LogP contribution in [0, 0.1) is 0 Å². The molecule has 222 valence electrons. The van der Waals surface area contributed by atoms with E-state index in [0.29, 0.717) is 0 Å². The summed E-state index contributed by atoms with van der Waals surface area (Å²) in [7, 11) is 0. The minimum absolute atomic E-state index is 0.0686. The molecule has 0 saturated carbocycles. The minimum atomic E-state index is -6.26. The Kier molecular flexibility index (Phi) is 7.92. The second-order valence-electron chi connectivity index (χ2n) is 7.36. The van der Waals surface area contributed by atoms with Gasteiger partial charge in [0.05, 0.1) is 0 Å². The second kappa shape index (κ2) is 8.99. The van der Waals surface area contributed by atoms with E-state index in [1.807, 2.05) is 0 Å². The van der Waals surface area contributed by atoms with Gasteiger partial charge in [0.25, 0.3) is 0 Å². The van der Waals surface area contributed by atoms with Gasteiger partial charge in [-0.25, -0.2) is 9.59 Å². The van der Waals surface area contributed by atoms with Crippen molar-refractivity contribution >= 4 is 18.0 Å². The SMILES string of the molecule is CC1(F)OC(C)(C(=O)F)OC1=O.CC1(F)OC(F)(F)C(F)(C(F)(F)F)OC1=O.FC(F)(F)C1(F)OC1(F)F. The van der Waals surface area contributed by atoms with E-state index < -0.39 is 71.8 Å². The molecule has 5 unspecified atom stereocenters. The molecule has 3 heterocycles. The summed E-state index contributed by atoms with van der Waals surface area (Å²) in [5.74, 6) is -23.4. The number of carbonyl (C=O) groups is 3. The molecule has 0 amide bonds. The zero-order valence-corrected chi connectivity index (χ0v) is 17.9. The van der Waals surface area contributed by atoms with Crippen LogP contribution in [0.15, 0.2) is 0 Å².